The Kier molecular flexibility index (Phi) is 6.91. The Morgan fingerprint density at radius 1 is 1.29 bits per heavy atom. The molecular formula is C19H27N5O4. The third kappa shape index (κ3) is 5.03. The largest absolute Gasteiger partial charge is 0.330 e. The predicted molar refractivity (Wildman–Crippen MR) is 100 cm³/mol. The zero-order valence-electron chi connectivity index (χ0n) is 15.9. The van der Waals surface area contributed by atoms with Crippen LogP contribution in [0.3, 0.4) is 0 Å². The number of aromatic nitrogens is 2. The summed E-state index contributed by atoms with van der Waals surface area (Å²) in [4.78, 5) is 46.3. The lowest BCUT2D eigenvalue weighted by molar-refractivity contribution is -0.158. The van der Waals surface area contributed by atoms with Gasteiger partial charge >= 0.3 is 0 Å². The van der Waals surface area contributed by atoms with Gasteiger partial charge in [0.2, 0.25) is 18.2 Å². The van der Waals surface area contributed by atoms with Gasteiger partial charge in [0.15, 0.2) is 5.82 Å². The van der Waals surface area contributed by atoms with Gasteiger partial charge < -0.3 is 10.2 Å². The lowest BCUT2D eigenvalue weighted by Gasteiger charge is -2.30. The van der Waals surface area contributed by atoms with Crippen molar-refractivity contribution in [2.75, 3.05) is 18.4 Å². The fourth-order valence-corrected chi connectivity index (χ4v) is 4.28. The van der Waals surface area contributed by atoms with Crippen molar-refractivity contribution in [3.05, 3.63) is 18.6 Å². The van der Waals surface area contributed by atoms with Gasteiger partial charge in [0.25, 0.3) is 0 Å². The van der Waals surface area contributed by atoms with E-state index >= 15 is 0 Å². The Labute approximate surface area is 164 Å². The summed E-state index contributed by atoms with van der Waals surface area (Å²) in [5.74, 6) is -0.213. The molecule has 28 heavy (non-hydrogen) atoms. The lowest BCUT2D eigenvalue weighted by atomic mass is 9.91. The molecule has 2 heterocycles. The molecule has 1 saturated heterocycles. The summed E-state index contributed by atoms with van der Waals surface area (Å²) in [5.41, 5.74) is 0. The quantitative estimate of drug-likeness (QED) is 0.395. The molecule has 0 aromatic carbocycles. The average molecular weight is 389 g/mol. The fraction of sp³-hybridized carbons (Fsp3) is 0.632. The van der Waals surface area contributed by atoms with Crippen molar-refractivity contribution < 1.29 is 19.6 Å². The van der Waals surface area contributed by atoms with Gasteiger partial charge in [-0.05, 0) is 25.2 Å². The van der Waals surface area contributed by atoms with Crippen molar-refractivity contribution in [1.82, 2.24) is 19.9 Å². The molecule has 2 fully saturated rings. The summed E-state index contributed by atoms with van der Waals surface area (Å²) in [5, 5.41) is 12.9. The van der Waals surface area contributed by atoms with Crippen LogP contribution >= 0.6 is 0 Å². The van der Waals surface area contributed by atoms with E-state index < -0.39 is 12.0 Å². The molecular weight excluding hydrogens is 362 g/mol. The van der Waals surface area contributed by atoms with Crippen LogP contribution in [-0.4, -0.2) is 62.5 Å². The highest BCUT2D eigenvalue weighted by molar-refractivity contribution is 5.97. The smallest absolute Gasteiger partial charge is 0.248 e. The van der Waals surface area contributed by atoms with Crippen molar-refractivity contribution in [1.29, 1.82) is 0 Å². The first-order valence-electron chi connectivity index (χ1n) is 9.86. The first kappa shape index (κ1) is 20.2. The number of hydrogen-bond acceptors (Lipinski definition) is 6. The molecule has 1 aromatic rings. The molecule has 2 atom stereocenters. The van der Waals surface area contributed by atoms with E-state index in [2.05, 4.69) is 15.3 Å². The normalized spacial score (nSPS) is 20.8. The molecule has 1 saturated carbocycles. The minimum atomic E-state index is -0.580. The molecule has 1 aromatic heterocycles. The number of amides is 3. The summed E-state index contributed by atoms with van der Waals surface area (Å²) in [6.45, 7) is 0.443. The van der Waals surface area contributed by atoms with Crippen molar-refractivity contribution in [3.8, 4) is 0 Å². The molecule has 0 spiro atoms. The monoisotopic (exact) mass is 389 g/mol. The second-order valence-electron chi connectivity index (χ2n) is 7.58. The standard InChI is InChI=1S/C19H27N5O4/c25-13-23(28)12-15(10-14-4-1-2-5-14)19(27)24-9-3-6-16(24)18(26)22-17-11-20-7-8-21-17/h7-8,11,13-16,28H,1-6,9-10,12H2,(H,21,22,26)/t15-,16+/m1/s1. The van der Waals surface area contributed by atoms with Crippen LogP contribution in [0.5, 0.6) is 0 Å². The lowest BCUT2D eigenvalue weighted by Crippen LogP contribution is -2.48. The number of hydrogen-bond donors (Lipinski definition) is 2. The molecule has 0 radical (unpaired) electrons. The second kappa shape index (κ2) is 9.59. The fourth-order valence-electron chi connectivity index (χ4n) is 4.28. The van der Waals surface area contributed by atoms with Crippen molar-refractivity contribution in [3.63, 3.8) is 0 Å². The highest BCUT2D eigenvalue weighted by Crippen LogP contribution is 2.32. The molecule has 1 aliphatic carbocycles. The van der Waals surface area contributed by atoms with Gasteiger partial charge in [0.1, 0.15) is 6.04 Å². The Hall–Kier alpha value is -2.55. The van der Waals surface area contributed by atoms with E-state index in [4.69, 9.17) is 0 Å². The Balaban J connectivity index is 1.68. The highest BCUT2D eigenvalue weighted by atomic mass is 16.5. The minimum absolute atomic E-state index is 0.0478. The van der Waals surface area contributed by atoms with E-state index in [0.717, 1.165) is 32.1 Å². The number of likely N-dealkylation sites (tertiary alicyclic amines) is 1. The third-order valence-electron chi connectivity index (χ3n) is 5.62. The zero-order valence-corrected chi connectivity index (χ0v) is 15.9. The number of nitrogens with one attached hydrogen (secondary N) is 1. The van der Waals surface area contributed by atoms with Crippen LogP contribution in [0.25, 0.3) is 0 Å². The van der Waals surface area contributed by atoms with Crippen molar-refractivity contribution in [2.45, 2.75) is 51.0 Å². The van der Waals surface area contributed by atoms with Gasteiger partial charge in [-0.1, -0.05) is 25.7 Å². The van der Waals surface area contributed by atoms with Crippen LogP contribution in [0.4, 0.5) is 5.82 Å². The zero-order chi connectivity index (χ0) is 19.9. The molecule has 9 heteroatoms. The van der Waals surface area contributed by atoms with Gasteiger partial charge in [-0.15, -0.1) is 0 Å². The van der Waals surface area contributed by atoms with Crippen LogP contribution in [0.15, 0.2) is 18.6 Å². The number of anilines is 1. The molecule has 152 valence electrons. The molecule has 3 amide bonds. The summed E-state index contributed by atoms with van der Waals surface area (Å²) < 4.78 is 0. The Bertz CT molecular complexity index is 680. The summed E-state index contributed by atoms with van der Waals surface area (Å²) in [6.07, 6.45) is 11.1. The first-order valence-corrected chi connectivity index (χ1v) is 9.86. The maximum atomic E-state index is 13.2. The topological polar surface area (TPSA) is 116 Å². The third-order valence-corrected chi connectivity index (χ3v) is 5.62. The van der Waals surface area contributed by atoms with Crippen LogP contribution in [-0.2, 0) is 14.4 Å². The van der Waals surface area contributed by atoms with Gasteiger partial charge in [0.05, 0.1) is 18.7 Å². The molecule has 3 rings (SSSR count). The van der Waals surface area contributed by atoms with Crippen molar-refractivity contribution in [2.24, 2.45) is 11.8 Å². The molecule has 2 N–H and O–H groups in total. The summed E-state index contributed by atoms with van der Waals surface area (Å²) in [7, 11) is 0. The van der Waals surface area contributed by atoms with Gasteiger partial charge in [-0.2, -0.15) is 0 Å². The van der Waals surface area contributed by atoms with Crippen LogP contribution < -0.4 is 5.32 Å². The van der Waals surface area contributed by atoms with Crippen molar-refractivity contribution >= 4 is 24.0 Å². The maximum absolute atomic E-state index is 13.2. The predicted octanol–water partition coefficient (Wildman–Crippen LogP) is 1.45. The molecule has 1 aliphatic heterocycles. The summed E-state index contributed by atoms with van der Waals surface area (Å²) >= 11 is 0. The number of hydroxylamine groups is 2. The van der Waals surface area contributed by atoms with E-state index in [1.165, 1.54) is 18.6 Å². The summed E-state index contributed by atoms with van der Waals surface area (Å²) in [6, 6.07) is -0.580. The maximum Gasteiger partial charge on any atom is 0.248 e. The number of nitrogens with zero attached hydrogens (tertiary/aromatic N) is 4. The SMILES string of the molecule is O=CN(O)C[C@@H](CC1CCCC1)C(=O)N1CCC[C@H]1C(=O)Nc1cnccn1. The van der Waals surface area contributed by atoms with Gasteiger partial charge in [-0.3, -0.25) is 24.6 Å². The minimum Gasteiger partial charge on any atom is -0.330 e. The van der Waals surface area contributed by atoms with E-state index in [1.54, 1.807) is 4.90 Å². The Morgan fingerprint density at radius 3 is 2.75 bits per heavy atom. The van der Waals surface area contributed by atoms with Crippen LogP contribution in [0, 0.1) is 11.8 Å². The van der Waals surface area contributed by atoms with E-state index in [9.17, 15) is 19.6 Å². The molecule has 0 unspecified atom stereocenters. The van der Waals surface area contributed by atoms with Gasteiger partial charge in [0, 0.05) is 18.9 Å². The molecule has 2 aliphatic rings. The van der Waals surface area contributed by atoms with Crippen LogP contribution in [0.1, 0.15) is 44.9 Å². The van der Waals surface area contributed by atoms with E-state index in [0.29, 0.717) is 42.6 Å². The second-order valence-corrected chi connectivity index (χ2v) is 7.58. The Morgan fingerprint density at radius 2 is 2.07 bits per heavy atom. The van der Waals surface area contributed by atoms with Gasteiger partial charge in [-0.25, -0.2) is 10.0 Å². The molecule has 9 nitrogen and oxygen atoms in total. The highest BCUT2D eigenvalue weighted by Gasteiger charge is 2.38. The number of carbonyl (C=O) groups excluding carboxylic acids is 3. The average Bonchev–Trinajstić information content (AvgIpc) is 3.39. The number of carbonyl (C=O) groups is 3. The van der Waals surface area contributed by atoms with E-state index in [-0.39, 0.29) is 18.4 Å². The molecule has 0 bridgehead atoms. The number of rotatable bonds is 8. The van der Waals surface area contributed by atoms with Crippen LogP contribution in [0.2, 0.25) is 0 Å². The van der Waals surface area contributed by atoms with E-state index in [1.807, 2.05) is 0 Å². The first-order chi connectivity index (χ1) is 13.6.